The molecule has 6 rings (SSSR count). The predicted molar refractivity (Wildman–Crippen MR) is 202 cm³/mol. The van der Waals surface area contributed by atoms with Crippen LogP contribution in [0.15, 0.2) is 27.5 Å². The molecular weight excluding hydrogens is 640 g/mol. The molecule has 51 heavy (non-hydrogen) atoms. The molecule has 0 amide bonds. The van der Waals surface area contributed by atoms with E-state index >= 15 is 0 Å². The number of esters is 2. The smallest absolute Gasteiger partial charge is 0.351 e. The van der Waals surface area contributed by atoms with Gasteiger partial charge in [0.1, 0.15) is 11.6 Å². The highest BCUT2D eigenvalue weighted by Crippen LogP contribution is 2.39. The lowest BCUT2D eigenvalue weighted by atomic mass is 9.97. The number of carbonyl (C=O) groups is 2. The van der Waals surface area contributed by atoms with Gasteiger partial charge in [-0.3, -0.25) is 9.89 Å². The number of hydrogen-bond acceptors (Lipinski definition) is 9. The highest BCUT2D eigenvalue weighted by Gasteiger charge is 2.49. The highest BCUT2D eigenvalue weighted by atomic mass is 16.5. The molecule has 0 aromatic heterocycles. The van der Waals surface area contributed by atoms with Crippen molar-refractivity contribution in [3.05, 3.63) is 22.5 Å². The van der Waals surface area contributed by atoms with Crippen LogP contribution >= 0.6 is 0 Å². The maximum atomic E-state index is 13.5. The van der Waals surface area contributed by atoms with Crippen LogP contribution in [0.5, 0.6) is 0 Å². The van der Waals surface area contributed by atoms with E-state index < -0.39 is 0 Å². The molecule has 10 heteroatoms. The van der Waals surface area contributed by atoms with Crippen LogP contribution in [0.1, 0.15) is 162 Å². The van der Waals surface area contributed by atoms with E-state index in [9.17, 15) is 9.59 Å². The Hall–Kier alpha value is -3.04. The van der Waals surface area contributed by atoms with Crippen molar-refractivity contribution >= 4 is 23.9 Å². The van der Waals surface area contributed by atoms with E-state index in [2.05, 4.69) is 39.3 Å². The number of nitrogens with zero attached hydrogens (tertiary/aromatic N) is 3. The van der Waals surface area contributed by atoms with Crippen molar-refractivity contribution in [2.75, 3.05) is 13.7 Å². The number of carbonyl (C=O) groups excluding carboxylic acids is 2. The van der Waals surface area contributed by atoms with Crippen LogP contribution in [-0.2, 0) is 19.1 Å². The van der Waals surface area contributed by atoms with E-state index in [0.29, 0.717) is 30.8 Å². The number of nitrogens with one attached hydrogen (secondary N) is 3. The summed E-state index contributed by atoms with van der Waals surface area (Å²) in [6.07, 6.45) is 25.1. The number of guanidine groups is 2. The molecule has 0 bridgehead atoms. The van der Waals surface area contributed by atoms with Crippen LogP contribution in [-0.4, -0.2) is 83.3 Å². The van der Waals surface area contributed by atoms with Gasteiger partial charge in [-0.05, 0) is 71.1 Å². The standard InChI is InChI=1S/C41H66N6O4/c1-5-7-9-11-14-18-29-26-31-21-23-34-36(28(3)42-40(43-29)46(31)34)39(49)51-25-17-13-16-20-33-37(38(48)50-4)35-24-22-32-27-30(19-15-12-10-8-6-2)44-41(45-33)47(32)35/h29-32,34-35H,5-27H2,1-4H3,(H2,42,43,44,45,48,49)/p+1/t29-,30-,31+,32+,34-,35-/m0/s1. The molecule has 6 heterocycles. The van der Waals surface area contributed by atoms with E-state index in [0.717, 1.165) is 105 Å². The van der Waals surface area contributed by atoms with E-state index in [-0.39, 0.29) is 24.0 Å². The second kappa shape index (κ2) is 18.1. The Kier molecular flexibility index (Phi) is 13.4. The molecule has 0 radical (unpaired) electrons. The summed E-state index contributed by atoms with van der Waals surface area (Å²) in [5, 5.41) is 11.0. The fraction of sp³-hybridized carbons (Fsp3) is 0.805. The number of ether oxygens (including phenoxy) is 2. The van der Waals surface area contributed by atoms with Crippen molar-refractivity contribution in [3.8, 4) is 0 Å². The first-order chi connectivity index (χ1) is 24.9. The molecule has 3 N–H and O–H groups in total. The van der Waals surface area contributed by atoms with Gasteiger partial charge < -0.3 is 19.7 Å². The second-order valence-corrected chi connectivity index (χ2v) is 16.1. The number of methoxy groups -OCH3 is 1. The maximum absolute atomic E-state index is 13.5. The van der Waals surface area contributed by atoms with E-state index in [1.807, 2.05) is 6.92 Å². The molecule has 6 aliphatic rings. The SMILES string of the molecule is CCCCCCC[C@H]1C[C@H]2CC[C@H]3C(C(=O)OCCCCCC4=C(C(=O)OC)[C@@H]5CC[C@@H]6C[C@H](CCCCCCC)NC(=[N+]65)N4)=C(C)NC(=N1)N23. The van der Waals surface area contributed by atoms with Gasteiger partial charge in [0, 0.05) is 24.6 Å². The number of rotatable bonds is 20. The molecule has 6 atom stereocenters. The Balaban J connectivity index is 0.977. The lowest BCUT2D eigenvalue weighted by Crippen LogP contribution is -2.59. The van der Waals surface area contributed by atoms with Crippen LogP contribution in [0, 0.1) is 0 Å². The Morgan fingerprint density at radius 2 is 1.57 bits per heavy atom. The van der Waals surface area contributed by atoms with Crippen LogP contribution in [0.25, 0.3) is 0 Å². The molecule has 0 aliphatic carbocycles. The molecule has 0 aromatic rings. The normalized spacial score (nSPS) is 27.8. The lowest BCUT2D eigenvalue weighted by molar-refractivity contribution is -0.580. The average molecular weight is 708 g/mol. The van der Waals surface area contributed by atoms with Gasteiger partial charge in [0.05, 0.1) is 49.2 Å². The van der Waals surface area contributed by atoms with E-state index in [1.165, 1.54) is 77.7 Å². The number of aliphatic imine (C=N–C) groups is 1. The lowest BCUT2D eigenvalue weighted by Gasteiger charge is -2.42. The molecule has 284 valence electrons. The van der Waals surface area contributed by atoms with E-state index in [4.69, 9.17) is 14.5 Å². The number of hydrogen-bond donors (Lipinski definition) is 3. The van der Waals surface area contributed by atoms with Crippen molar-refractivity contribution in [2.24, 2.45) is 4.99 Å². The zero-order chi connectivity index (χ0) is 35.7. The molecule has 6 aliphatic heterocycles. The van der Waals surface area contributed by atoms with Crippen LogP contribution in [0.2, 0.25) is 0 Å². The molecule has 2 fully saturated rings. The molecule has 0 aromatic carbocycles. The summed E-state index contributed by atoms with van der Waals surface area (Å²) in [5.74, 6) is 1.65. The topological polar surface area (TPSA) is 107 Å². The summed E-state index contributed by atoms with van der Waals surface area (Å²) in [6, 6.07) is 1.93. The first-order valence-electron chi connectivity index (χ1n) is 20.9. The Bertz CT molecular complexity index is 1370. The van der Waals surface area contributed by atoms with Gasteiger partial charge in [-0.25, -0.2) is 19.9 Å². The minimum atomic E-state index is -0.215. The summed E-state index contributed by atoms with van der Waals surface area (Å²) >= 11 is 0. The van der Waals surface area contributed by atoms with Crippen molar-refractivity contribution < 1.29 is 23.6 Å². The van der Waals surface area contributed by atoms with Gasteiger partial charge >= 0.3 is 17.9 Å². The Labute approximate surface area is 307 Å². The third-order valence-corrected chi connectivity index (χ3v) is 12.4. The van der Waals surface area contributed by atoms with Gasteiger partial charge in [-0.1, -0.05) is 78.1 Å². The van der Waals surface area contributed by atoms with Gasteiger partial charge in [-0.15, -0.1) is 0 Å². The highest BCUT2D eigenvalue weighted by molar-refractivity contribution is 5.96. The molecule has 0 spiro atoms. The first kappa shape index (κ1) is 37.7. The van der Waals surface area contributed by atoms with Crippen LogP contribution in [0.4, 0.5) is 0 Å². The van der Waals surface area contributed by atoms with Crippen molar-refractivity contribution in [3.63, 3.8) is 0 Å². The van der Waals surface area contributed by atoms with Crippen LogP contribution < -0.4 is 16.0 Å². The van der Waals surface area contributed by atoms with Crippen LogP contribution in [0.3, 0.4) is 0 Å². The zero-order valence-electron chi connectivity index (χ0n) is 32.2. The fourth-order valence-corrected chi connectivity index (χ4v) is 9.84. The molecule has 0 unspecified atom stereocenters. The van der Waals surface area contributed by atoms with Gasteiger partial charge in [0.15, 0.2) is 5.96 Å². The maximum Gasteiger partial charge on any atom is 0.351 e. The molecule has 10 nitrogen and oxygen atoms in total. The minimum absolute atomic E-state index is 0.0652. The summed E-state index contributed by atoms with van der Waals surface area (Å²) in [7, 11) is 1.49. The van der Waals surface area contributed by atoms with Crippen molar-refractivity contribution in [1.82, 2.24) is 20.9 Å². The monoisotopic (exact) mass is 708 g/mol. The fourth-order valence-electron chi connectivity index (χ4n) is 9.84. The summed E-state index contributed by atoms with van der Waals surface area (Å²) in [6.45, 7) is 6.94. The summed E-state index contributed by atoms with van der Waals surface area (Å²) in [4.78, 5) is 34.1. The zero-order valence-corrected chi connectivity index (χ0v) is 32.2. The quantitative estimate of drug-likeness (QED) is 0.0710. The largest absolute Gasteiger partial charge is 0.465 e. The Morgan fingerprint density at radius 3 is 2.33 bits per heavy atom. The van der Waals surface area contributed by atoms with E-state index in [1.54, 1.807) is 0 Å². The first-order valence-corrected chi connectivity index (χ1v) is 20.9. The summed E-state index contributed by atoms with van der Waals surface area (Å²) < 4.78 is 13.6. The van der Waals surface area contributed by atoms with Gasteiger partial charge in [-0.2, -0.15) is 0 Å². The second-order valence-electron chi connectivity index (χ2n) is 16.1. The van der Waals surface area contributed by atoms with Crippen molar-refractivity contribution in [1.29, 1.82) is 0 Å². The Morgan fingerprint density at radius 1 is 0.824 bits per heavy atom. The molecule has 0 saturated carbocycles. The predicted octanol–water partition coefficient (Wildman–Crippen LogP) is 6.94. The average Bonchev–Trinajstić information content (AvgIpc) is 3.75. The van der Waals surface area contributed by atoms with Gasteiger partial charge in [0.25, 0.3) is 0 Å². The molecular formula is C41H67N6O4+. The third-order valence-electron chi connectivity index (χ3n) is 12.4. The van der Waals surface area contributed by atoms with Crippen molar-refractivity contribution in [2.45, 2.75) is 198 Å². The third kappa shape index (κ3) is 8.78. The summed E-state index contributed by atoms with van der Waals surface area (Å²) in [5.41, 5.74) is 3.47. The minimum Gasteiger partial charge on any atom is -0.465 e. The number of allylic oxidation sites excluding steroid dienone is 2. The van der Waals surface area contributed by atoms with Gasteiger partial charge in [0.2, 0.25) is 0 Å². The molecule has 2 saturated heterocycles. The number of unbranched alkanes of at least 4 members (excludes halogenated alkanes) is 10.